The Labute approximate surface area is 168 Å². The van der Waals surface area contributed by atoms with Crippen LogP contribution in [-0.2, 0) is 19.1 Å². The largest absolute Gasteiger partial charge is 0.459 e. The lowest BCUT2D eigenvalue weighted by molar-refractivity contribution is -0.180. The molecule has 0 saturated heterocycles. The van der Waals surface area contributed by atoms with Gasteiger partial charge in [-0.2, -0.15) is 0 Å². The predicted molar refractivity (Wildman–Crippen MR) is 106 cm³/mol. The molecule has 4 aliphatic carbocycles. The number of ether oxygens (including phenoxy) is 1. The minimum atomic E-state index is -0.461. The maximum Gasteiger partial charge on any atom is 0.306 e. The van der Waals surface area contributed by atoms with Gasteiger partial charge in [0.1, 0.15) is 11.9 Å². The third-order valence-corrected chi connectivity index (χ3v) is 9.36. The van der Waals surface area contributed by atoms with Crippen LogP contribution >= 0.6 is 0 Å². The standard InChI is InChI=1S/C24H34O4/c1-5-21(27)28-23(4)11-9-19-18-7-6-16-13-17(26)12-15(2)24(16,14-25)20(18)8-10-22(19,23)3/h13-15,18-20H,5-12H2,1-4H3/t15-,18-,19-,20-,22-,23-,24-/m0/s1. The molecule has 4 nitrogen and oxygen atoms in total. The first-order valence-electron chi connectivity index (χ1n) is 11.1. The number of ketones is 1. The van der Waals surface area contributed by atoms with E-state index in [9.17, 15) is 14.4 Å². The Morgan fingerprint density at radius 2 is 1.93 bits per heavy atom. The van der Waals surface area contributed by atoms with Crippen molar-refractivity contribution in [1.29, 1.82) is 0 Å². The third kappa shape index (κ3) is 2.45. The topological polar surface area (TPSA) is 60.4 Å². The van der Waals surface area contributed by atoms with E-state index in [1.807, 2.05) is 6.92 Å². The smallest absolute Gasteiger partial charge is 0.306 e. The molecule has 154 valence electrons. The second-order valence-electron chi connectivity index (χ2n) is 10.3. The van der Waals surface area contributed by atoms with E-state index in [4.69, 9.17) is 4.74 Å². The van der Waals surface area contributed by atoms with Crippen molar-refractivity contribution in [2.45, 2.75) is 84.7 Å². The van der Waals surface area contributed by atoms with Crippen molar-refractivity contribution in [3.63, 3.8) is 0 Å². The molecule has 0 aliphatic heterocycles. The van der Waals surface area contributed by atoms with E-state index in [1.165, 1.54) is 6.29 Å². The first-order chi connectivity index (χ1) is 13.2. The molecule has 0 unspecified atom stereocenters. The molecular formula is C24H34O4. The Bertz CT molecular complexity index is 739. The summed E-state index contributed by atoms with van der Waals surface area (Å²) < 4.78 is 6.03. The van der Waals surface area contributed by atoms with E-state index in [0.29, 0.717) is 30.6 Å². The van der Waals surface area contributed by atoms with Crippen molar-refractivity contribution in [3.8, 4) is 0 Å². The van der Waals surface area contributed by atoms with Gasteiger partial charge in [-0.25, -0.2) is 0 Å². The van der Waals surface area contributed by atoms with Gasteiger partial charge in [0.25, 0.3) is 0 Å². The van der Waals surface area contributed by atoms with Crippen molar-refractivity contribution in [1.82, 2.24) is 0 Å². The van der Waals surface area contributed by atoms with Gasteiger partial charge in [-0.15, -0.1) is 0 Å². The fourth-order valence-electron chi connectivity index (χ4n) is 7.66. The highest BCUT2D eigenvalue weighted by molar-refractivity contribution is 5.94. The Kier molecular flexibility index (Phi) is 4.63. The van der Waals surface area contributed by atoms with Gasteiger partial charge in [0.15, 0.2) is 5.78 Å². The van der Waals surface area contributed by atoms with E-state index in [0.717, 1.165) is 44.1 Å². The number of hydrogen-bond acceptors (Lipinski definition) is 4. The summed E-state index contributed by atoms with van der Waals surface area (Å²) in [5.41, 5.74) is 0.193. The average molecular weight is 387 g/mol. The fraction of sp³-hybridized carbons (Fsp3) is 0.792. The highest BCUT2D eigenvalue weighted by atomic mass is 16.6. The van der Waals surface area contributed by atoms with Crippen molar-refractivity contribution < 1.29 is 19.1 Å². The van der Waals surface area contributed by atoms with E-state index in [-0.39, 0.29) is 23.1 Å². The van der Waals surface area contributed by atoms with Gasteiger partial charge in [0, 0.05) is 18.3 Å². The lowest BCUT2D eigenvalue weighted by Crippen LogP contribution is -2.57. The molecule has 0 bridgehead atoms. The molecule has 0 N–H and O–H groups in total. The monoisotopic (exact) mass is 386 g/mol. The molecule has 4 rings (SSSR count). The van der Waals surface area contributed by atoms with E-state index < -0.39 is 11.0 Å². The van der Waals surface area contributed by atoms with Crippen LogP contribution in [0.5, 0.6) is 0 Å². The molecule has 7 atom stereocenters. The highest BCUT2D eigenvalue weighted by Gasteiger charge is 2.65. The SMILES string of the molecule is CCC(=O)O[C@@]1(C)CC[C@H]2[C@@H]3CCC4=CC(=O)C[C@H](C)[C@]4(C=O)[C@H]3CC[C@@]21C. The molecule has 0 amide bonds. The van der Waals surface area contributed by atoms with Crippen LogP contribution in [0, 0.1) is 34.5 Å². The lowest BCUT2D eigenvalue weighted by atomic mass is 9.44. The molecule has 28 heavy (non-hydrogen) atoms. The second-order valence-corrected chi connectivity index (χ2v) is 10.3. The molecular weight excluding hydrogens is 352 g/mol. The van der Waals surface area contributed by atoms with Crippen LogP contribution in [0.25, 0.3) is 0 Å². The number of allylic oxidation sites excluding steroid dienone is 1. The summed E-state index contributed by atoms with van der Waals surface area (Å²) >= 11 is 0. The number of rotatable bonds is 3. The zero-order valence-corrected chi connectivity index (χ0v) is 17.8. The van der Waals surface area contributed by atoms with Gasteiger partial charge in [-0.1, -0.05) is 26.3 Å². The predicted octanol–water partition coefficient (Wildman–Crippen LogP) is 4.66. The number of esters is 1. The van der Waals surface area contributed by atoms with Crippen LogP contribution in [0.2, 0.25) is 0 Å². The van der Waals surface area contributed by atoms with Crippen molar-refractivity contribution in [2.75, 3.05) is 0 Å². The number of carbonyl (C=O) groups excluding carboxylic acids is 3. The normalized spacial score (nSPS) is 47.4. The summed E-state index contributed by atoms with van der Waals surface area (Å²) in [6, 6.07) is 0. The molecule has 0 aromatic carbocycles. The van der Waals surface area contributed by atoms with Crippen LogP contribution in [0.3, 0.4) is 0 Å². The van der Waals surface area contributed by atoms with Crippen LogP contribution in [0.15, 0.2) is 11.6 Å². The van der Waals surface area contributed by atoms with Crippen LogP contribution in [0.1, 0.15) is 79.1 Å². The Hall–Kier alpha value is -1.45. The highest BCUT2D eigenvalue weighted by Crippen LogP contribution is 2.68. The Morgan fingerprint density at radius 3 is 2.61 bits per heavy atom. The summed E-state index contributed by atoms with van der Waals surface area (Å²) in [7, 11) is 0. The Balaban J connectivity index is 1.69. The van der Waals surface area contributed by atoms with E-state index in [2.05, 4.69) is 20.8 Å². The minimum Gasteiger partial charge on any atom is -0.459 e. The summed E-state index contributed by atoms with van der Waals surface area (Å²) in [5, 5.41) is 0. The summed E-state index contributed by atoms with van der Waals surface area (Å²) in [6.45, 7) is 8.40. The maximum atomic E-state index is 12.6. The van der Waals surface area contributed by atoms with Gasteiger partial charge < -0.3 is 9.53 Å². The number of aldehydes is 1. The van der Waals surface area contributed by atoms with Crippen LogP contribution in [0.4, 0.5) is 0 Å². The van der Waals surface area contributed by atoms with Crippen molar-refractivity contribution in [2.24, 2.45) is 34.5 Å². The molecule has 0 aromatic rings. The second kappa shape index (κ2) is 6.53. The fourth-order valence-corrected chi connectivity index (χ4v) is 7.66. The molecule has 4 aliphatic rings. The third-order valence-electron chi connectivity index (χ3n) is 9.36. The van der Waals surface area contributed by atoms with Crippen molar-refractivity contribution >= 4 is 18.0 Å². The van der Waals surface area contributed by atoms with Crippen LogP contribution in [-0.4, -0.2) is 23.6 Å². The summed E-state index contributed by atoms with van der Waals surface area (Å²) in [4.78, 5) is 36.8. The van der Waals surface area contributed by atoms with E-state index in [1.54, 1.807) is 6.08 Å². The van der Waals surface area contributed by atoms with Crippen LogP contribution < -0.4 is 0 Å². The lowest BCUT2D eigenvalue weighted by Gasteiger charge is -2.59. The number of fused-ring (bicyclic) bond motifs is 5. The summed E-state index contributed by atoms with van der Waals surface area (Å²) in [6.07, 6.45) is 9.72. The quantitative estimate of drug-likeness (QED) is 0.523. The van der Waals surface area contributed by atoms with E-state index >= 15 is 0 Å². The van der Waals surface area contributed by atoms with Gasteiger partial charge in [-0.05, 0) is 75.2 Å². The van der Waals surface area contributed by atoms with Gasteiger partial charge in [0.2, 0.25) is 0 Å². The average Bonchev–Trinajstić information content (AvgIpc) is 2.92. The van der Waals surface area contributed by atoms with Gasteiger partial charge in [0.05, 0.1) is 5.41 Å². The molecule has 0 aromatic heterocycles. The molecule has 3 fully saturated rings. The molecule has 0 spiro atoms. The van der Waals surface area contributed by atoms with Gasteiger partial charge >= 0.3 is 5.97 Å². The zero-order valence-electron chi connectivity index (χ0n) is 17.8. The maximum absolute atomic E-state index is 12.6. The molecule has 3 saturated carbocycles. The minimum absolute atomic E-state index is 0.0297. The first kappa shape index (κ1) is 19.8. The molecule has 0 radical (unpaired) electrons. The number of hydrogen-bond donors (Lipinski definition) is 0. The molecule has 4 heteroatoms. The zero-order chi connectivity index (χ0) is 20.3. The molecule has 0 heterocycles. The van der Waals surface area contributed by atoms with Crippen molar-refractivity contribution in [3.05, 3.63) is 11.6 Å². The van der Waals surface area contributed by atoms with Gasteiger partial charge in [-0.3, -0.25) is 9.59 Å². The first-order valence-corrected chi connectivity index (χ1v) is 11.1. The summed E-state index contributed by atoms with van der Waals surface area (Å²) in [5.74, 6) is 1.42. The number of carbonyl (C=O) groups is 3. The Morgan fingerprint density at radius 1 is 1.21 bits per heavy atom.